The number of carbonyl (C=O) groups excluding carboxylic acids is 4. The van der Waals surface area contributed by atoms with Gasteiger partial charge in [0.25, 0.3) is 0 Å². The van der Waals surface area contributed by atoms with Crippen LogP contribution in [0, 0.1) is 37.3 Å². The van der Waals surface area contributed by atoms with Crippen molar-refractivity contribution in [2.75, 3.05) is 29.9 Å². The van der Waals surface area contributed by atoms with Crippen LogP contribution in [0.2, 0.25) is 10.0 Å². The number of halogens is 4. The molecule has 4 amide bonds. The maximum absolute atomic E-state index is 13.7. The summed E-state index contributed by atoms with van der Waals surface area (Å²) in [5.74, 6) is 3.90. The molecule has 0 radical (unpaired) electrons. The molecule has 1 aliphatic heterocycles. The smallest absolute Gasteiger partial charge is 0.227 e. The van der Waals surface area contributed by atoms with Gasteiger partial charge in [0.05, 0.1) is 96.3 Å². The Morgan fingerprint density at radius 3 is 1.22 bits per heavy atom. The Bertz CT molecular complexity index is 5320. The molecule has 666 valence electrons. The summed E-state index contributed by atoms with van der Waals surface area (Å²) in [5.41, 5.74) is 14.8. The highest BCUT2D eigenvalue weighted by molar-refractivity contribution is 6.31. The number of benzene rings is 8. The average Bonchev–Trinajstić information content (AvgIpc) is 1.64. The fourth-order valence-corrected chi connectivity index (χ4v) is 21.2. The number of para-hydroxylation sites is 4. The van der Waals surface area contributed by atoms with Crippen LogP contribution in [0.1, 0.15) is 264 Å². The van der Waals surface area contributed by atoms with Gasteiger partial charge >= 0.3 is 0 Å². The van der Waals surface area contributed by atoms with Crippen molar-refractivity contribution in [1.82, 2.24) is 48.3 Å². The number of imidazole rings is 3. The van der Waals surface area contributed by atoms with E-state index in [1.165, 1.54) is 155 Å². The van der Waals surface area contributed by atoms with E-state index in [1.54, 1.807) is 18.2 Å². The van der Waals surface area contributed by atoms with Crippen LogP contribution >= 0.6 is 23.2 Å². The molecule has 7 aliphatic rings. The van der Waals surface area contributed by atoms with Crippen LogP contribution in [0.4, 0.5) is 20.2 Å². The Kier molecular flexibility index (Phi) is 31.2. The Morgan fingerprint density at radius 1 is 0.397 bits per heavy atom. The number of aromatic nitrogens is 6. The summed E-state index contributed by atoms with van der Waals surface area (Å²) in [6, 6.07) is 60.6. The van der Waals surface area contributed by atoms with Crippen molar-refractivity contribution >= 4 is 91.3 Å². The maximum atomic E-state index is 13.7. The van der Waals surface area contributed by atoms with Crippen molar-refractivity contribution in [3.63, 3.8) is 0 Å². The quantitative estimate of drug-likeness (QED) is 0.0505. The van der Waals surface area contributed by atoms with Crippen molar-refractivity contribution in [1.29, 1.82) is 0 Å². The summed E-state index contributed by atoms with van der Waals surface area (Å²) < 4.78 is 34.5. The molecule has 18 rings (SSSR count). The van der Waals surface area contributed by atoms with Crippen LogP contribution in [-0.4, -0.2) is 116 Å². The third kappa shape index (κ3) is 23.3. The van der Waals surface area contributed by atoms with Gasteiger partial charge in [0.1, 0.15) is 35.3 Å². The third-order valence-electron chi connectivity index (χ3n) is 27.3. The second-order valence-corrected chi connectivity index (χ2v) is 38.5. The van der Waals surface area contributed by atoms with E-state index in [0.29, 0.717) is 98.2 Å². The van der Waals surface area contributed by atoms with E-state index >= 15 is 0 Å². The molecule has 6 aliphatic carbocycles. The SMILES string of the molecule is CC(C)CCN(Cc1nc2ccc(Cl)cc2n1C1CCCC1)C(=O)Cc1cccc(F)c1.Cc1cccc(CC(=O)N(CCC(C)C)Cc2nc3ccc(Cl)cc3n2C2CCCC2)c1.Cc1cccc(CC(=O)N(Cc2nc3ccccc3n2C2CCCC2)C2CCCC2)c1.O=C(Cc1cccc(F)c1)N(CC1Nc2ccccc2N1C1CCCC1)C1CCCC1. The molecule has 20 heteroatoms. The first-order valence-electron chi connectivity index (χ1n) is 47.4. The molecule has 6 fully saturated rings. The molecule has 0 bridgehead atoms. The van der Waals surface area contributed by atoms with Crippen LogP contribution in [0.15, 0.2) is 182 Å². The van der Waals surface area contributed by atoms with Gasteiger partial charge in [-0.25, -0.2) is 23.7 Å². The maximum Gasteiger partial charge on any atom is 0.227 e. The molecule has 0 spiro atoms. The van der Waals surface area contributed by atoms with Crippen LogP contribution in [0.5, 0.6) is 0 Å². The molecule has 1 unspecified atom stereocenters. The molecular weight excluding hydrogens is 1610 g/mol. The molecule has 11 aromatic rings. The van der Waals surface area contributed by atoms with Crippen LogP contribution in [0.3, 0.4) is 0 Å². The first-order valence-corrected chi connectivity index (χ1v) is 48.1. The Balaban J connectivity index is 0.000000130. The number of hydrogen-bond acceptors (Lipinski definition) is 9. The van der Waals surface area contributed by atoms with Gasteiger partial charge < -0.3 is 43.5 Å². The number of aryl methyl sites for hydroxylation is 2. The topological polar surface area (TPSA) is 150 Å². The lowest BCUT2D eigenvalue weighted by Crippen LogP contribution is -2.53. The van der Waals surface area contributed by atoms with Crippen molar-refractivity contribution < 1.29 is 28.0 Å². The van der Waals surface area contributed by atoms with Crippen molar-refractivity contribution in [2.24, 2.45) is 11.8 Å². The number of nitrogens with one attached hydrogen (secondary N) is 1. The van der Waals surface area contributed by atoms with Crippen molar-refractivity contribution in [3.8, 4) is 0 Å². The average molecular weight is 1750 g/mol. The summed E-state index contributed by atoms with van der Waals surface area (Å²) in [4.78, 5) is 79.3. The summed E-state index contributed by atoms with van der Waals surface area (Å²) >= 11 is 12.7. The second kappa shape index (κ2) is 43.3. The molecule has 8 aromatic carbocycles. The predicted octanol–water partition coefficient (Wildman–Crippen LogP) is 24.6. The summed E-state index contributed by atoms with van der Waals surface area (Å²) in [5, 5.41) is 5.14. The number of amides is 4. The fraction of sp³-hybridized carbons (Fsp3) is 0.481. The highest BCUT2D eigenvalue weighted by atomic mass is 35.5. The van der Waals surface area contributed by atoms with Crippen LogP contribution in [-0.2, 0) is 64.5 Å². The van der Waals surface area contributed by atoms with E-state index in [9.17, 15) is 28.0 Å². The van der Waals surface area contributed by atoms with E-state index in [2.05, 4.69) is 160 Å². The van der Waals surface area contributed by atoms with E-state index < -0.39 is 0 Å². The van der Waals surface area contributed by atoms with Gasteiger partial charge in [-0.05, 0) is 223 Å². The van der Waals surface area contributed by atoms with E-state index in [-0.39, 0.29) is 60.3 Å². The molecule has 126 heavy (non-hydrogen) atoms. The predicted molar refractivity (Wildman–Crippen MR) is 507 cm³/mol. The third-order valence-corrected chi connectivity index (χ3v) is 27.8. The lowest BCUT2D eigenvalue weighted by atomic mass is 10.1. The van der Waals surface area contributed by atoms with Gasteiger partial charge in [0.2, 0.25) is 23.6 Å². The van der Waals surface area contributed by atoms with Crippen LogP contribution in [0.25, 0.3) is 33.1 Å². The first-order chi connectivity index (χ1) is 61.2. The molecule has 0 saturated heterocycles. The normalized spacial score (nSPS) is 17.0. The lowest BCUT2D eigenvalue weighted by Gasteiger charge is -2.38. The number of carbonyl (C=O) groups is 4. The van der Waals surface area contributed by atoms with Crippen molar-refractivity contribution in [2.45, 2.75) is 296 Å². The number of nitrogens with zero attached hydrogens (tertiary/aromatic N) is 11. The second-order valence-electron chi connectivity index (χ2n) is 37.7. The highest BCUT2D eigenvalue weighted by Gasteiger charge is 2.40. The standard InChI is InChI=1S/C27H34ClN3O.C27H33N3O.C26H31ClFN3O.C26H32FN3O/c1-19(2)13-14-30(27(32)16-21-8-6-7-20(3)15-21)18-26-29-24-12-11-22(28)17-25(24)31(26)23-9-4-5-10-23;1-20-9-8-10-21(17-20)18-27(31)29(22-11-2-3-12-22)19-26-28-24-15-6-7-16-25(24)30(26)23-13-4-5-14-23;1-18(2)12-13-30(26(32)15-19-6-5-7-21(28)14-19)17-25-29-23-11-10-20(27)16-24(23)31(25)22-8-3-4-9-22;27-20-9-7-8-19(16-20)17-26(31)29(21-10-1-2-11-21)18-25-28-23-14-5-6-15-24(23)30(25)22-12-3-4-13-22/h6-8,11-12,15,17,19,23H,4-5,9-10,13-14,16,18H2,1-3H3;6-10,15-17,22-23H,2-5,11-14,18-19H2,1H3;5-7,10-11,14,16,18,22H,3-4,8-9,12-13,15,17H2,1-2H3;5-9,14-16,21-22,25,28H,1-4,10-13,17-18H2. The largest absolute Gasteiger partial charge is 0.362 e. The first kappa shape index (κ1) is 90.9. The molecule has 1 N–H and O–H groups in total. The Hall–Kier alpha value is -9.91. The van der Waals surface area contributed by atoms with Gasteiger partial charge in [-0.1, -0.05) is 236 Å². The molecule has 3 aromatic heterocycles. The van der Waals surface area contributed by atoms with Gasteiger partial charge in [-0.3, -0.25) is 19.2 Å². The van der Waals surface area contributed by atoms with Gasteiger partial charge in [0, 0.05) is 59.4 Å². The molecule has 4 heterocycles. The summed E-state index contributed by atoms with van der Waals surface area (Å²) in [6.07, 6.45) is 32.0. The zero-order chi connectivity index (χ0) is 87.7. The summed E-state index contributed by atoms with van der Waals surface area (Å²) in [6.45, 7) is 16.6. The monoisotopic (exact) mass is 1740 g/mol. The van der Waals surface area contributed by atoms with Crippen molar-refractivity contribution in [3.05, 3.63) is 255 Å². The Morgan fingerprint density at radius 2 is 0.770 bits per heavy atom. The number of rotatable bonds is 28. The molecule has 1 atom stereocenters. The number of anilines is 2. The number of hydrogen-bond donors (Lipinski definition) is 1. The fourth-order valence-electron chi connectivity index (χ4n) is 20.8. The molecular formula is C106H130Cl2F2N12O4. The van der Waals surface area contributed by atoms with Gasteiger partial charge in [-0.2, -0.15) is 0 Å². The zero-order valence-corrected chi connectivity index (χ0v) is 76.5. The van der Waals surface area contributed by atoms with Gasteiger partial charge in [0.15, 0.2) is 0 Å². The summed E-state index contributed by atoms with van der Waals surface area (Å²) in [7, 11) is 0. The minimum absolute atomic E-state index is 0.000638. The highest BCUT2D eigenvalue weighted by Crippen LogP contribution is 2.43. The van der Waals surface area contributed by atoms with E-state index in [1.807, 2.05) is 64.4 Å². The van der Waals surface area contributed by atoms with Gasteiger partial charge in [-0.15, -0.1) is 0 Å². The number of fused-ring (bicyclic) bond motifs is 4. The lowest BCUT2D eigenvalue weighted by molar-refractivity contribution is -0.134. The van der Waals surface area contributed by atoms with E-state index in [4.69, 9.17) is 38.2 Å². The molecule has 16 nitrogen and oxygen atoms in total. The molecule has 6 saturated carbocycles. The van der Waals surface area contributed by atoms with Crippen LogP contribution < -0.4 is 10.2 Å². The minimum Gasteiger partial charge on any atom is -0.362 e. The van der Waals surface area contributed by atoms with E-state index in [0.717, 1.165) is 138 Å². The Labute approximate surface area is 755 Å². The zero-order valence-electron chi connectivity index (χ0n) is 75.0. The minimum atomic E-state index is -0.316.